The van der Waals surface area contributed by atoms with Crippen molar-refractivity contribution in [2.45, 2.75) is 25.9 Å². The lowest BCUT2D eigenvalue weighted by Gasteiger charge is -2.16. The molecule has 2 aromatic rings. The second-order valence-electron chi connectivity index (χ2n) is 5.58. The lowest BCUT2D eigenvalue weighted by molar-refractivity contribution is 0.0963. The van der Waals surface area contributed by atoms with Crippen molar-refractivity contribution in [1.29, 1.82) is 0 Å². The molecule has 0 saturated carbocycles. The molecule has 4 nitrogen and oxygen atoms in total. The zero-order chi connectivity index (χ0) is 16.7. The van der Waals surface area contributed by atoms with Crippen LogP contribution in [0.3, 0.4) is 0 Å². The maximum Gasteiger partial charge on any atom is 0.251 e. The van der Waals surface area contributed by atoms with Gasteiger partial charge in [-0.1, -0.05) is 30.3 Å². The number of methoxy groups -OCH3 is 1. The first-order valence-corrected chi connectivity index (χ1v) is 7.80. The molecule has 122 valence electrons. The average molecular weight is 312 g/mol. The number of benzene rings is 2. The highest BCUT2D eigenvalue weighted by molar-refractivity contribution is 5.94. The molecule has 1 atom stereocenters. The Balaban J connectivity index is 1.94. The molecule has 4 heteroatoms. The van der Waals surface area contributed by atoms with E-state index in [2.05, 4.69) is 23.6 Å². The topological polar surface area (TPSA) is 50.4 Å². The van der Waals surface area contributed by atoms with Gasteiger partial charge < -0.3 is 15.4 Å². The van der Waals surface area contributed by atoms with Gasteiger partial charge in [0, 0.05) is 25.2 Å². The van der Waals surface area contributed by atoms with Gasteiger partial charge >= 0.3 is 0 Å². The molecule has 0 aliphatic heterocycles. The van der Waals surface area contributed by atoms with E-state index < -0.39 is 0 Å². The SMILES string of the molecule is CNC(=O)c1cccc(CN[C@@H](C)Cc2ccccc2OC)c1. The fourth-order valence-corrected chi connectivity index (χ4v) is 2.53. The van der Waals surface area contributed by atoms with Gasteiger partial charge in [0.15, 0.2) is 0 Å². The summed E-state index contributed by atoms with van der Waals surface area (Å²) in [6.45, 7) is 2.87. The molecular weight excluding hydrogens is 288 g/mol. The highest BCUT2D eigenvalue weighted by Gasteiger charge is 2.08. The van der Waals surface area contributed by atoms with E-state index in [9.17, 15) is 4.79 Å². The molecule has 0 fully saturated rings. The van der Waals surface area contributed by atoms with E-state index in [4.69, 9.17) is 4.74 Å². The molecule has 2 N–H and O–H groups in total. The van der Waals surface area contributed by atoms with E-state index in [0.29, 0.717) is 11.6 Å². The van der Waals surface area contributed by atoms with Crippen molar-refractivity contribution in [1.82, 2.24) is 10.6 Å². The molecule has 0 aliphatic carbocycles. The largest absolute Gasteiger partial charge is 0.496 e. The maximum absolute atomic E-state index is 11.7. The molecule has 2 aromatic carbocycles. The zero-order valence-electron chi connectivity index (χ0n) is 13.9. The van der Waals surface area contributed by atoms with Crippen molar-refractivity contribution in [2.24, 2.45) is 0 Å². The molecular formula is C19H24N2O2. The monoisotopic (exact) mass is 312 g/mol. The van der Waals surface area contributed by atoms with Crippen LogP contribution < -0.4 is 15.4 Å². The number of carbonyl (C=O) groups excluding carboxylic acids is 1. The van der Waals surface area contributed by atoms with Gasteiger partial charge in [0.2, 0.25) is 0 Å². The van der Waals surface area contributed by atoms with Crippen molar-refractivity contribution in [3.8, 4) is 5.75 Å². The number of hydrogen-bond donors (Lipinski definition) is 2. The van der Waals surface area contributed by atoms with Crippen LogP contribution in [0.25, 0.3) is 0 Å². The van der Waals surface area contributed by atoms with Crippen LogP contribution in [0.15, 0.2) is 48.5 Å². The Labute approximate surface area is 137 Å². The summed E-state index contributed by atoms with van der Waals surface area (Å²) in [4.78, 5) is 11.7. The van der Waals surface area contributed by atoms with Gasteiger partial charge in [-0.2, -0.15) is 0 Å². The molecule has 0 saturated heterocycles. The second-order valence-corrected chi connectivity index (χ2v) is 5.58. The summed E-state index contributed by atoms with van der Waals surface area (Å²) in [6.07, 6.45) is 0.888. The van der Waals surface area contributed by atoms with Crippen molar-refractivity contribution >= 4 is 5.91 Å². The summed E-state index contributed by atoms with van der Waals surface area (Å²) in [5.41, 5.74) is 2.97. The zero-order valence-corrected chi connectivity index (χ0v) is 13.9. The smallest absolute Gasteiger partial charge is 0.251 e. The lowest BCUT2D eigenvalue weighted by atomic mass is 10.1. The van der Waals surface area contributed by atoms with Gasteiger partial charge in [-0.25, -0.2) is 0 Å². The molecule has 2 rings (SSSR count). The van der Waals surface area contributed by atoms with E-state index >= 15 is 0 Å². The molecule has 0 bridgehead atoms. The summed E-state index contributed by atoms with van der Waals surface area (Å²) in [6, 6.07) is 16.0. The summed E-state index contributed by atoms with van der Waals surface area (Å²) < 4.78 is 5.39. The third kappa shape index (κ3) is 4.83. The first-order chi connectivity index (χ1) is 11.1. The molecule has 0 spiro atoms. The minimum Gasteiger partial charge on any atom is -0.496 e. The number of carbonyl (C=O) groups is 1. The normalized spacial score (nSPS) is 11.8. The van der Waals surface area contributed by atoms with Gasteiger partial charge in [0.25, 0.3) is 5.91 Å². The third-order valence-electron chi connectivity index (χ3n) is 3.79. The van der Waals surface area contributed by atoms with Crippen molar-refractivity contribution < 1.29 is 9.53 Å². The summed E-state index contributed by atoms with van der Waals surface area (Å²) in [7, 11) is 3.34. The number of hydrogen-bond acceptors (Lipinski definition) is 3. The summed E-state index contributed by atoms with van der Waals surface area (Å²) in [5, 5.41) is 6.14. The Morgan fingerprint density at radius 2 is 1.96 bits per heavy atom. The van der Waals surface area contributed by atoms with Crippen LogP contribution in [-0.4, -0.2) is 26.1 Å². The van der Waals surface area contributed by atoms with Gasteiger partial charge in [-0.15, -0.1) is 0 Å². The summed E-state index contributed by atoms with van der Waals surface area (Å²) >= 11 is 0. The van der Waals surface area contributed by atoms with E-state index in [1.165, 1.54) is 5.56 Å². The number of nitrogens with one attached hydrogen (secondary N) is 2. The number of para-hydroxylation sites is 1. The third-order valence-corrected chi connectivity index (χ3v) is 3.79. The average Bonchev–Trinajstić information content (AvgIpc) is 2.60. The predicted octanol–water partition coefficient (Wildman–Crippen LogP) is 2.78. The van der Waals surface area contributed by atoms with E-state index in [0.717, 1.165) is 24.3 Å². The minimum atomic E-state index is -0.0612. The van der Waals surface area contributed by atoms with Gasteiger partial charge in [-0.3, -0.25) is 4.79 Å². The van der Waals surface area contributed by atoms with Crippen molar-refractivity contribution in [3.05, 3.63) is 65.2 Å². The van der Waals surface area contributed by atoms with Crippen LogP contribution in [0.5, 0.6) is 5.75 Å². The van der Waals surface area contributed by atoms with Gasteiger partial charge in [0.1, 0.15) is 5.75 Å². The molecule has 1 amide bonds. The Bertz CT molecular complexity index is 655. The van der Waals surface area contributed by atoms with Gasteiger partial charge in [-0.05, 0) is 42.7 Å². The molecule has 0 heterocycles. The van der Waals surface area contributed by atoms with Gasteiger partial charge in [0.05, 0.1) is 7.11 Å². The molecule has 23 heavy (non-hydrogen) atoms. The predicted molar refractivity (Wildman–Crippen MR) is 92.8 cm³/mol. The minimum absolute atomic E-state index is 0.0612. The standard InChI is InChI=1S/C19H24N2O2/c1-14(11-16-8-4-5-10-18(16)23-3)21-13-15-7-6-9-17(12-15)19(22)20-2/h4-10,12,14,21H,11,13H2,1-3H3,(H,20,22)/t14-/m0/s1. The molecule has 0 radical (unpaired) electrons. The van der Waals surface area contributed by atoms with Crippen LogP contribution in [0.1, 0.15) is 28.4 Å². The fraction of sp³-hybridized carbons (Fsp3) is 0.316. The van der Waals surface area contributed by atoms with Crippen molar-refractivity contribution in [3.63, 3.8) is 0 Å². The Kier molecular flexibility index (Phi) is 6.18. The number of rotatable bonds is 7. The number of amides is 1. The van der Waals surface area contributed by atoms with Crippen LogP contribution in [0, 0.1) is 0 Å². The number of ether oxygens (including phenoxy) is 1. The highest BCUT2D eigenvalue weighted by Crippen LogP contribution is 2.19. The Morgan fingerprint density at radius 3 is 2.70 bits per heavy atom. The quantitative estimate of drug-likeness (QED) is 0.826. The molecule has 0 aromatic heterocycles. The van der Waals surface area contributed by atoms with E-state index in [-0.39, 0.29) is 5.91 Å². The highest BCUT2D eigenvalue weighted by atomic mass is 16.5. The molecule has 0 aliphatic rings. The first-order valence-electron chi connectivity index (χ1n) is 7.80. The van der Waals surface area contributed by atoms with Crippen molar-refractivity contribution in [2.75, 3.05) is 14.2 Å². The first kappa shape index (κ1) is 17.0. The van der Waals surface area contributed by atoms with E-state index in [1.54, 1.807) is 14.2 Å². The maximum atomic E-state index is 11.7. The lowest BCUT2D eigenvalue weighted by Crippen LogP contribution is -2.28. The molecule has 0 unspecified atom stereocenters. The van der Waals surface area contributed by atoms with Crippen LogP contribution in [-0.2, 0) is 13.0 Å². The second kappa shape index (κ2) is 8.34. The fourth-order valence-electron chi connectivity index (χ4n) is 2.53. The van der Waals surface area contributed by atoms with E-state index in [1.807, 2.05) is 42.5 Å². The Morgan fingerprint density at radius 1 is 1.17 bits per heavy atom. The summed E-state index contributed by atoms with van der Waals surface area (Å²) in [5.74, 6) is 0.858. The van der Waals surface area contributed by atoms with Crippen LogP contribution in [0.2, 0.25) is 0 Å². The Hall–Kier alpha value is -2.33. The van der Waals surface area contributed by atoms with Crippen LogP contribution >= 0.6 is 0 Å². The van der Waals surface area contributed by atoms with Crippen LogP contribution in [0.4, 0.5) is 0 Å².